The first-order valence-electron chi connectivity index (χ1n) is 3.92. The van der Waals surface area contributed by atoms with Gasteiger partial charge >= 0.3 is 0 Å². The van der Waals surface area contributed by atoms with Gasteiger partial charge in [0.15, 0.2) is 0 Å². The molecule has 1 rings (SSSR count). The van der Waals surface area contributed by atoms with Gasteiger partial charge < -0.3 is 0 Å². The second-order valence-electron chi connectivity index (χ2n) is 3.14. The Balaban J connectivity index is 2.51. The van der Waals surface area contributed by atoms with Crippen LogP contribution in [-0.2, 0) is 0 Å². The monoisotopic (exact) mass is 124 g/mol. The summed E-state index contributed by atoms with van der Waals surface area (Å²) in [4.78, 5) is 0. The Kier molecular flexibility index (Phi) is 1.94. The van der Waals surface area contributed by atoms with Gasteiger partial charge in [0.25, 0.3) is 0 Å². The lowest BCUT2D eigenvalue weighted by atomic mass is 9.92. The van der Waals surface area contributed by atoms with Gasteiger partial charge in [-0.25, -0.2) is 0 Å². The Morgan fingerprint density at radius 1 is 1.67 bits per heavy atom. The summed E-state index contributed by atoms with van der Waals surface area (Å²) in [5.74, 6) is 1.81. The quantitative estimate of drug-likeness (QED) is 0.471. The molecular formula is C9H16. The molecule has 0 aromatic rings. The van der Waals surface area contributed by atoms with E-state index in [1.807, 2.05) is 0 Å². The lowest BCUT2D eigenvalue weighted by Crippen LogP contribution is -2.04. The molecular weight excluding hydrogens is 108 g/mol. The fraction of sp³-hybridized carbons (Fsp3) is 0.778. The Labute approximate surface area is 58.0 Å². The number of rotatable bonds is 1. The molecule has 0 aromatic heterocycles. The molecule has 1 aliphatic rings. The molecule has 0 heterocycles. The molecule has 2 atom stereocenters. The van der Waals surface area contributed by atoms with Crippen LogP contribution in [0.4, 0.5) is 0 Å². The van der Waals surface area contributed by atoms with Crippen molar-refractivity contribution in [1.82, 2.24) is 0 Å². The van der Waals surface area contributed by atoms with Crippen LogP contribution in [0.1, 0.15) is 33.6 Å². The van der Waals surface area contributed by atoms with E-state index in [4.69, 9.17) is 0 Å². The lowest BCUT2D eigenvalue weighted by Gasteiger charge is -2.13. The van der Waals surface area contributed by atoms with Crippen molar-refractivity contribution in [2.45, 2.75) is 33.6 Å². The first-order valence-corrected chi connectivity index (χ1v) is 3.92. The molecule has 0 aliphatic heterocycles. The average Bonchev–Trinajstić information content (AvgIpc) is 2.15. The molecule has 0 nitrogen and oxygen atoms in total. The van der Waals surface area contributed by atoms with Crippen molar-refractivity contribution in [3.63, 3.8) is 0 Å². The molecule has 0 N–H and O–H groups in total. The standard InChI is InChI=1S/C9H16/c1-4-9-6-5-7(2)8(9)3/h5,8-9H,4,6H2,1-3H3/t8-,9+/m1/s1. The maximum Gasteiger partial charge on any atom is -0.0203 e. The van der Waals surface area contributed by atoms with Gasteiger partial charge in [-0.2, -0.15) is 0 Å². The molecule has 0 spiro atoms. The fourth-order valence-electron chi connectivity index (χ4n) is 1.62. The summed E-state index contributed by atoms with van der Waals surface area (Å²) in [7, 11) is 0. The molecule has 1 aliphatic carbocycles. The molecule has 0 fully saturated rings. The van der Waals surface area contributed by atoms with Gasteiger partial charge in [-0.3, -0.25) is 0 Å². The van der Waals surface area contributed by atoms with E-state index in [1.165, 1.54) is 12.8 Å². The van der Waals surface area contributed by atoms with E-state index < -0.39 is 0 Å². The van der Waals surface area contributed by atoms with E-state index in [-0.39, 0.29) is 0 Å². The maximum absolute atomic E-state index is 2.39. The first kappa shape index (κ1) is 6.85. The van der Waals surface area contributed by atoms with Crippen molar-refractivity contribution in [2.75, 3.05) is 0 Å². The number of hydrogen-bond acceptors (Lipinski definition) is 0. The number of allylic oxidation sites excluding steroid dienone is 2. The largest absolute Gasteiger partial charge is 0.0850 e. The first-order chi connectivity index (χ1) is 4.25. The third-order valence-corrected chi connectivity index (χ3v) is 2.69. The second-order valence-corrected chi connectivity index (χ2v) is 3.14. The van der Waals surface area contributed by atoms with Gasteiger partial charge in [0.1, 0.15) is 0 Å². The average molecular weight is 124 g/mol. The summed E-state index contributed by atoms with van der Waals surface area (Å²) in [6.45, 7) is 6.88. The summed E-state index contributed by atoms with van der Waals surface area (Å²) < 4.78 is 0. The summed E-state index contributed by atoms with van der Waals surface area (Å²) in [5.41, 5.74) is 1.60. The highest BCUT2D eigenvalue weighted by Crippen LogP contribution is 2.32. The Bertz CT molecular complexity index is 122. The molecule has 0 radical (unpaired) electrons. The van der Waals surface area contributed by atoms with Crippen LogP contribution >= 0.6 is 0 Å². The van der Waals surface area contributed by atoms with Crippen molar-refractivity contribution in [3.8, 4) is 0 Å². The summed E-state index contributed by atoms with van der Waals surface area (Å²) >= 11 is 0. The Morgan fingerprint density at radius 3 is 2.56 bits per heavy atom. The predicted octanol–water partition coefficient (Wildman–Crippen LogP) is 3.00. The molecule has 0 heteroatoms. The molecule has 52 valence electrons. The van der Waals surface area contributed by atoms with E-state index >= 15 is 0 Å². The maximum atomic E-state index is 2.39. The molecule has 0 unspecified atom stereocenters. The number of hydrogen-bond donors (Lipinski definition) is 0. The van der Waals surface area contributed by atoms with Crippen molar-refractivity contribution in [1.29, 1.82) is 0 Å². The van der Waals surface area contributed by atoms with Crippen LogP contribution in [0.3, 0.4) is 0 Å². The summed E-state index contributed by atoms with van der Waals surface area (Å²) in [6.07, 6.45) is 5.05. The zero-order valence-corrected chi connectivity index (χ0v) is 6.65. The zero-order valence-electron chi connectivity index (χ0n) is 6.65. The molecule has 0 saturated carbocycles. The van der Waals surface area contributed by atoms with Crippen LogP contribution in [0.15, 0.2) is 11.6 Å². The van der Waals surface area contributed by atoms with Crippen molar-refractivity contribution in [3.05, 3.63) is 11.6 Å². The minimum atomic E-state index is 0.856. The van der Waals surface area contributed by atoms with Crippen LogP contribution in [0.5, 0.6) is 0 Å². The highest BCUT2D eigenvalue weighted by Gasteiger charge is 2.20. The molecule has 0 bridgehead atoms. The fourth-order valence-corrected chi connectivity index (χ4v) is 1.62. The highest BCUT2D eigenvalue weighted by atomic mass is 14.3. The van der Waals surface area contributed by atoms with Crippen LogP contribution in [-0.4, -0.2) is 0 Å². The second kappa shape index (κ2) is 2.55. The van der Waals surface area contributed by atoms with E-state index in [0.29, 0.717) is 0 Å². The van der Waals surface area contributed by atoms with E-state index in [2.05, 4.69) is 26.8 Å². The highest BCUT2D eigenvalue weighted by molar-refractivity contribution is 5.10. The Morgan fingerprint density at radius 2 is 2.33 bits per heavy atom. The molecule has 0 aromatic carbocycles. The third kappa shape index (κ3) is 1.17. The van der Waals surface area contributed by atoms with Crippen molar-refractivity contribution >= 4 is 0 Å². The molecule has 0 amide bonds. The van der Waals surface area contributed by atoms with Gasteiger partial charge in [0, 0.05) is 0 Å². The normalized spacial score (nSPS) is 34.8. The minimum Gasteiger partial charge on any atom is -0.0850 e. The third-order valence-electron chi connectivity index (χ3n) is 2.69. The smallest absolute Gasteiger partial charge is 0.0203 e. The van der Waals surface area contributed by atoms with Crippen molar-refractivity contribution < 1.29 is 0 Å². The summed E-state index contributed by atoms with van der Waals surface area (Å²) in [5, 5.41) is 0. The van der Waals surface area contributed by atoms with Gasteiger partial charge in [-0.15, -0.1) is 0 Å². The summed E-state index contributed by atoms with van der Waals surface area (Å²) in [6, 6.07) is 0. The Hall–Kier alpha value is -0.260. The van der Waals surface area contributed by atoms with Crippen LogP contribution in [0.2, 0.25) is 0 Å². The minimum absolute atomic E-state index is 0.856. The van der Waals surface area contributed by atoms with Crippen LogP contribution in [0.25, 0.3) is 0 Å². The molecule has 9 heavy (non-hydrogen) atoms. The lowest BCUT2D eigenvalue weighted by molar-refractivity contribution is 0.426. The van der Waals surface area contributed by atoms with Gasteiger partial charge in [-0.05, 0) is 25.2 Å². The van der Waals surface area contributed by atoms with Crippen molar-refractivity contribution in [2.24, 2.45) is 11.8 Å². The van der Waals surface area contributed by atoms with Gasteiger partial charge in [0.2, 0.25) is 0 Å². The van der Waals surface area contributed by atoms with E-state index in [9.17, 15) is 0 Å². The van der Waals surface area contributed by atoms with Gasteiger partial charge in [0.05, 0.1) is 0 Å². The van der Waals surface area contributed by atoms with Crippen LogP contribution < -0.4 is 0 Å². The zero-order chi connectivity index (χ0) is 6.85. The van der Waals surface area contributed by atoms with Gasteiger partial charge in [-0.1, -0.05) is 31.9 Å². The van der Waals surface area contributed by atoms with E-state index in [1.54, 1.807) is 5.57 Å². The SMILES string of the molecule is CC[C@H]1CC=C(C)[C@H]1C. The van der Waals surface area contributed by atoms with Crippen LogP contribution in [0, 0.1) is 11.8 Å². The molecule has 0 saturated heterocycles. The predicted molar refractivity (Wildman–Crippen MR) is 41.3 cm³/mol. The topological polar surface area (TPSA) is 0 Å². The van der Waals surface area contributed by atoms with E-state index in [0.717, 1.165) is 11.8 Å².